The minimum atomic E-state index is -0.895. The Morgan fingerprint density at radius 3 is 2.32 bits per heavy atom. The van der Waals surface area contributed by atoms with Gasteiger partial charge in [-0.2, -0.15) is 0 Å². The Morgan fingerprint density at radius 2 is 1.84 bits per heavy atom. The number of aliphatic carboxylic acids is 1. The Bertz CT molecular complexity index is 412. The predicted molar refractivity (Wildman–Crippen MR) is 65.8 cm³/mol. The highest BCUT2D eigenvalue weighted by Crippen LogP contribution is 2.68. The lowest BCUT2D eigenvalue weighted by molar-refractivity contribution is -0.332. The van der Waals surface area contributed by atoms with Crippen molar-refractivity contribution in [1.29, 1.82) is 0 Å². The van der Waals surface area contributed by atoms with Gasteiger partial charge in [-0.3, -0.25) is 4.79 Å². The number of hydrogen-bond acceptors (Lipinski definition) is 4. The average molecular weight is 265 g/mol. The van der Waals surface area contributed by atoms with Gasteiger partial charge in [-0.25, -0.2) is 0 Å². The quantitative estimate of drug-likeness (QED) is 0.718. The predicted octanol–water partition coefficient (Wildman–Crippen LogP) is 1.27. The summed E-state index contributed by atoms with van der Waals surface area (Å²) in [6.45, 7) is 4.36. The maximum absolute atomic E-state index is 11.7. The molecule has 4 fully saturated rings. The minimum absolute atomic E-state index is 0.182. The summed E-state index contributed by atoms with van der Waals surface area (Å²) < 4.78 is 5.35. The van der Waals surface area contributed by atoms with Gasteiger partial charge < -0.3 is 14.6 Å². The van der Waals surface area contributed by atoms with Gasteiger partial charge in [0, 0.05) is 16.8 Å². The number of rotatable bonds is 4. The highest BCUT2D eigenvalue weighted by molar-refractivity contribution is 5.73. The SMILES string of the molecule is CC(C)(OC=O)C12C[C@@H]3C[C@@H](CC(C(=O)[O-])(C3)C1)C2. The third-order valence-corrected chi connectivity index (χ3v) is 6.11. The summed E-state index contributed by atoms with van der Waals surface area (Å²) in [4.78, 5) is 22.4. The molecule has 4 bridgehead atoms. The fourth-order valence-electron chi connectivity index (χ4n) is 5.45. The van der Waals surface area contributed by atoms with Crippen molar-refractivity contribution in [2.24, 2.45) is 22.7 Å². The van der Waals surface area contributed by atoms with Gasteiger partial charge >= 0.3 is 0 Å². The molecule has 4 atom stereocenters. The van der Waals surface area contributed by atoms with E-state index in [1.54, 1.807) is 0 Å². The highest BCUT2D eigenvalue weighted by Gasteiger charge is 2.63. The van der Waals surface area contributed by atoms with E-state index in [0.29, 0.717) is 24.7 Å². The molecule has 0 spiro atoms. The van der Waals surface area contributed by atoms with Gasteiger partial charge in [0.2, 0.25) is 0 Å². The van der Waals surface area contributed by atoms with E-state index in [2.05, 4.69) is 0 Å². The Hall–Kier alpha value is -1.06. The second kappa shape index (κ2) is 3.74. The van der Waals surface area contributed by atoms with Gasteiger partial charge in [0.25, 0.3) is 6.47 Å². The molecule has 0 aromatic rings. The molecular formula is C15H21O4-. The molecule has 106 valence electrons. The number of carboxylic acid groups (broad SMARTS) is 1. The smallest absolute Gasteiger partial charge is 0.293 e. The highest BCUT2D eigenvalue weighted by atomic mass is 16.5. The van der Waals surface area contributed by atoms with Gasteiger partial charge in [-0.05, 0) is 64.2 Å². The van der Waals surface area contributed by atoms with Crippen LogP contribution in [0.4, 0.5) is 0 Å². The molecule has 0 radical (unpaired) electrons. The summed E-state index contributed by atoms with van der Waals surface area (Å²) in [5.74, 6) is 0.00947. The third-order valence-electron chi connectivity index (χ3n) is 6.11. The molecule has 4 rings (SSSR count). The molecule has 0 aromatic heterocycles. The van der Waals surface area contributed by atoms with Gasteiger partial charge in [-0.15, -0.1) is 0 Å². The number of carbonyl (C=O) groups is 2. The van der Waals surface area contributed by atoms with Crippen LogP contribution >= 0.6 is 0 Å². The number of ether oxygens (including phenoxy) is 1. The van der Waals surface area contributed by atoms with Crippen LogP contribution in [0.15, 0.2) is 0 Å². The van der Waals surface area contributed by atoms with Crippen molar-refractivity contribution in [3.8, 4) is 0 Å². The zero-order valence-electron chi connectivity index (χ0n) is 11.6. The summed E-state index contributed by atoms with van der Waals surface area (Å²) >= 11 is 0. The van der Waals surface area contributed by atoms with Crippen molar-refractivity contribution in [3.05, 3.63) is 0 Å². The van der Waals surface area contributed by atoms with Crippen LogP contribution in [0.1, 0.15) is 52.4 Å². The maximum atomic E-state index is 11.7. The van der Waals surface area contributed by atoms with E-state index >= 15 is 0 Å². The molecule has 4 saturated carbocycles. The van der Waals surface area contributed by atoms with E-state index < -0.39 is 17.0 Å². The van der Waals surface area contributed by atoms with Crippen molar-refractivity contribution in [1.82, 2.24) is 0 Å². The molecular weight excluding hydrogens is 244 g/mol. The molecule has 4 heteroatoms. The summed E-state index contributed by atoms with van der Waals surface area (Å²) in [7, 11) is 0. The standard InChI is InChI=1S/C15H22O4/c1-13(2,19-9-16)15-6-10-3-11(7-15)5-14(4-10,8-15)12(17)18/h9-11H,3-8H2,1-2H3,(H,17,18)/p-1/t10-,11+,14?,15?. The Kier molecular flexibility index (Phi) is 2.55. The van der Waals surface area contributed by atoms with Crippen molar-refractivity contribution in [2.45, 2.75) is 58.0 Å². The molecule has 4 aliphatic carbocycles. The van der Waals surface area contributed by atoms with Crippen LogP contribution in [0.5, 0.6) is 0 Å². The lowest BCUT2D eigenvalue weighted by Crippen LogP contribution is -2.63. The minimum Gasteiger partial charge on any atom is -0.550 e. The largest absolute Gasteiger partial charge is 0.550 e. The van der Waals surface area contributed by atoms with E-state index in [0.717, 1.165) is 32.1 Å². The van der Waals surface area contributed by atoms with Gasteiger partial charge in [0.1, 0.15) is 5.60 Å². The lowest BCUT2D eigenvalue weighted by Gasteiger charge is -2.65. The van der Waals surface area contributed by atoms with Crippen molar-refractivity contribution < 1.29 is 19.4 Å². The first-order valence-electron chi connectivity index (χ1n) is 7.15. The molecule has 0 aliphatic heterocycles. The van der Waals surface area contributed by atoms with E-state index in [1.165, 1.54) is 0 Å². The van der Waals surface area contributed by atoms with E-state index in [9.17, 15) is 14.7 Å². The fourth-order valence-corrected chi connectivity index (χ4v) is 5.45. The van der Waals surface area contributed by atoms with Gasteiger partial charge in [-0.1, -0.05) is 0 Å². The van der Waals surface area contributed by atoms with Crippen LogP contribution < -0.4 is 5.11 Å². The number of hydrogen-bond donors (Lipinski definition) is 0. The second-order valence-corrected chi connectivity index (χ2v) is 7.53. The van der Waals surface area contributed by atoms with Crippen molar-refractivity contribution in [2.75, 3.05) is 0 Å². The van der Waals surface area contributed by atoms with Crippen LogP contribution in [0.2, 0.25) is 0 Å². The molecule has 0 aromatic carbocycles. The molecule has 0 amide bonds. The Morgan fingerprint density at radius 1 is 1.26 bits per heavy atom. The molecule has 0 N–H and O–H groups in total. The Balaban J connectivity index is 2.00. The van der Waals surface area contributed by atoms with E-state index in [1.807, 2.05) is 13.8 Å². The van der Waals surface area contributed by atoms with Gasteiger partial charge in [0.15, 0.2) is 0 Å². The zero-order valence-corrected chi connectivity index (χ0v) is 11.6. The summed E-state index contributed by atoms with van der Waals surface area (Å²) in [6, 6.07) is 0. The lowest BCUT2D eigenvalue weighted by atomic mass is 9.41. The zero-order chi connectivity index (χ0) is 13.9. The average Bonchev–Trinajstić information content (AvgIpc) is 2.26. The maximum Gasteiger partial charge on any atom is 0.293 e. The first-order chi connectivity index (χ1) is 8.82. The normalized spacial score (nSPS) is 44.1. The van der Waals surface area contributed by atoms with Crippen LogP contribution in [0.3, 0.4) is 0 Å². The third kappa shape index (κ3) is 1.65. The van der Waals surface area contributed by atoms with Crippen LogP contribution in [0.25, 0.3) is 0 Å². The monoisotopic (exact) mass is 265 g/mol. The van der Waals surface area contributed by atoms with Crippen molar-refractivity contribution >= 4 is 12.4 Å². The van der Waals surface area contributed by atoms with Crippen LogP contribution in [-0.2, 0) is 14.3 Å². The number of carbonyl (C=O) groups excluding carboxylic acids is 2. The molecule has 4 nitrogen and oxygen atoms in total. The molecule has 0 saturated heterocycles. The summed E-state index contributed by atoms with van der Waals surface area (Å²) in [5, 5.41) is 11.7. The van der Waals surface area contributed by atoms with Crippen molar-refractivity contribution in [3.63, 3.8) is 0 Å². The molecule has 0 heterocycles. The second-order valence-electron chi connectivity index (χ2n) is 7.53. The van der Waals surface area contributed by atoms with Gasteiger partial charge in [0.05, 0.1) is 0 Å². The Labute approximate surface area is 113 Å². The fraction of sp³-hybridized carbons (Fsp3) is 0.867. The van der Waals surface area contributed by atoms with Crippen LogP contribution in [0, 0.1) is 22.7 Å². The van der Waals surface area contributed by atoms with Crippen LogP contribution in [-0.4, -0.2) is 18.0 Å². The molecule has 4 aliphatic rings. The first-order valence-corrected chi connectivity index (χ1v) is 7.15. The molecule has 19 heavy (non-hydrogen) atoms. The van der Waals surface area contributed by atoms with E-state index in [-0.39, 0.29) is 5.41 Å². The van der Waals surface area contributed by atoms with E-state index in [4.69, 9.17) is 4.74 Å². The molecule has 2 unspecified atom stereocenters. The topological polar surface area (TPSA) is 66.4 Å². The number of carboxylic acids is 1. The summed E-state index contributed by atoms with van der Waals surface area (Å²) in [5.41, 5.74) is -1.45. The summed E-state index contributed by atoms with van der Waals surface area (Å²) in [6.07, 6.45) is 5.22. The first kappa shape index (κ1) is 12.9.